The predicted octanol–water partition coefficient (Wildman–Crippen LogP) is 3.79. The summed E-state index contributed by atoms with van der Waals surface area (Å²) in [5, 5.41) is 6.12. The molecule has 4 nitrogen and oxygen atoms in total. The third kappa shape index (κ3) is 4.10. The summed E-state index contributed by atoms with van der Waals surface area (Å²) in [5.74, 6) is 0.556. The van der Waals surface area contributed by atoms with E-state index >= 15 is 0 Å². The number of amides is 2. The van der Waals surface area contributed by atoms with Gasteiger partial charge in [-0.15, -0.1) is 11.3 Å². The van der Waals surface area contributed by atoms with Gasteiger partial charge in [-0.1, -0.05) is 30.3 Å². The molecule has 1 saturated heterocycles. The monoisotopic (exact) mass is 329 g/mol. The highest BCUT2D eigenvalue weighted by molar-refractivity contribution is 7.09. The molecule has 122 valence electrons. The first-order chi connectivity index (χ1) is 11.1. The Morgan fingerprint density at radius 2 is 2.22 bits per heavy atom. The molecule has 0 spiro atoms. The normalized spacial score (nSPS) is 18.9. The van der Waals surface area contributed by atoms with Crippen molar-refractivity contribution in [1.29, 1.82) is 0 Å². The van der Waals surface area contributed by atoms with Gasteiger partial charge in [0.25, 0.3) is 0 Å². The molecule has 2 heterocycles. The smallest absolute Gasteiger partial charge is 0.317 e. The standard InChI is InChI=1S/C18H23N3OS/c1-13(17-12-23-14(2)20-17)19-18(22)21-9-8-16(11-21)10-15-6-4-3-5-7-15/h3-7,12-13,16H,8-11H2,1-2H3,(H,19,22). The Balaban J connectivity index is 1.51. The summed E-state index contributed by atoms with van der Waals surface area (Å²) < 4.78 is 0. The maximum atomic E-state index is 12.4. The van der Waals surface area contributed by atoms with E-state index in [9.17, 15) is 4.79 Å². The SMILES string of the molecule is Cc1nc(C(C)NC(=O)N2CCC(Cc3ccccc3)C2)cs1. The molecule has 1 aliphatic heterocycles. The van der Waals surface area contributed by atoms with E-state index in [4.69, 9.17) is 0 Å². The molecule has 2 atom stereocenters. The maximum Gasteiger partial charge on any atom is 0.317 e. The number of rotatable bonds is 4. The van der Waals surface area contributed by atoms with Crippen molar-refractivity contribution in [3.8, 4) is 0 Å². The molecule has 0 radical (unpaired) electrons. The number of hydrogen-bond donors (Lipinski definition) is 1. The maximum absolute atomic E-state index is 12.4. The average Bonchev–Trinajstić information content (AvgIpc) is 3.17. The third-order valence-corrected chi connectivity index (χ3v) is 5.15. The summed E-state index contributed by atoms with van der Waals surface area (Å²) in [7, 11) is 0. The topological polar surface area (TPSA) is 45.2 Å². The molecule has 0 saturated carbocycles. The zero-order chi connectivity index (χ0) is 16.2. The highest BCUT2D eigenvalue weighted by atomic mass is 32.1. The van der Waals surface area contributed by atoms with E-state index < -0.39 is 0 Å². The summed E-state index contributed by atoms with van der Waals surface area (Å²) >= 11 is 1.62. The van der Waals surface area contributed by atoms with Gasteiger partial charge in [0.2, 0.25) is 0 Å². The van der Waals surface area contributed by atoms with Gasteiger partial charge in [0.15, 0.2) is 0 Å². The Bertz CT molecular complexity index is 655. The number of thiazole rings is 1. The van der Waals surface area contributed by atoms with E-state index in [1.54, 1.807) is 11.3 Å². The second-order valence-corrected chi connectivity index (χ2v) is 7.32. The van der Waals surface area contributed by atoms with Crippen molar-refractivity contribution in [2.45, 2.75) is 32.7 Å². The minimum Gasteiger partial charge on any atom is -0.330 e. The number of likely N-dealkylation sites (tertiary alicyclic amines) is 1. The summed E-state index contributed by atoms with van der Waals surface area (Å²) in [6.07, 6.45) is 2.12. The Hall–Kier alpha value is -1.88. The van der Waals surface area contributed by atoms with Crippen LogP contribution in [0.1, 0.15) is 35.7 Å². The Kier molecular flexibility index (Phi) is 4.96. The summed E-state index contributed by atoms with van der Waals surface area (Å²) in [6, 6.07) is 10.5. The molecule has 1 aromatic carbocycles. The number of aryl methyl sites for hydroxylation is 1. The minimum atomic E-state index is -0.0411. The third-order valence-electron chi connectivity index (χ3n) is 4.36. The molecular formula is C18H23N3OS. The average molecular weight is 329 g/mol. The molecule has 2 aromatic rings. The number of aromatic nitrogens is 1. The van der Waals surface area contributed by atoms with E-state index in [2.05, 4.69) is 34.6 Å². The lowest BCUT2D eigenvalue weighted by atomic mass is 9.99. The van der Waals surface area contributed by atoms with Gasteiger partial charge in [-0.3, -0.25) is 0 Å². The van der Waals surface area contributed by atoms with Crippen LogP contribution in [-0.4, -0.2) is 29.0 Å². The van der Waals surface area contributed by atoms with Gasteiger partial charge in [-0.2, -0.15) is 0 Å². The van der Waals surface area contributed by atoms with Crippen molar-refractivity contribution in [3.05, 3.63) is 52.0 Å². The first kappa shape index (κ1) is 16.0. The van der Waals surface area contributed by atoms with Crippen molar-refractivity contribution < 1.29 is 4.79 Å². The highest BCUT2D eigenvalue weighted by Crippen LogP contribution is 2.22. The van der Waals surface area contributed by atoms with E-state index in [-0.39, 0.29) is 12.1 Å². The van der Waals surface area contributed by atoms with E-state index in [1.165, 1.54) is 5.56 Å². The molecule has 1 N–H and O–H groups in total. The highest BCUT2D eigenvalue weighted by Gasteiger charge is 2.27. The van der Waals surface area contributed by atoms with Crippen LogP contribution in [0.4, 0.5) is 4.79 Å². The van der Waals surface area contributed by atoms with Crippen molar-refractivity contribution in [3.63, 3.8) is 0 Å². The van der Waals surface area contributed by atoms with Crippen LogP contribution in [-0.2, 0) is 6.42 Å². The predicted molar refractivity (Wildman–Crippen MR) is 93.6 cm³/mol. The van der Waals surface area contributed by atoms with Crippen molar-refractivity contribution in [2.24, 2.45) is 5.92 Å². The van der Waals surface area contributed by atoms with E-state index in [1.807, 2.05) is 30.2 Å². The second-order valence-electron chi connectivity index (χ2n) is 6.25. The quantitative estimate of drug-likeness (QED) is 0.927. The molecule has 0 aliphatic carbocycles. The largest absolute Gasteiger partial charge is 0.330 e. The molecule has 3 rings (SSSR count). The van der Waals surface area contributed by atoms with Crippen LogP contribution in [0.5, 0.6) is 0 Å². The Morgan fingerprint density at radius 1 is 1.43 bits per heavy atom. The fourth-order valence-electron chi connectivity index (χ4n) is 3.06. The lowest BCUT2D eigenvalue weighted by Gasteiger charge is -2.20. The van der Waals surface area contributed by atoms with Gasteiger partial charge >= 0.3 is 6.03 Å². The lowest BCUT2D eigenvalue weighted by molar-refractivity contribution is 0.203. The molecule has 1 aliphatic rings. The number of benzene rings is 1. The summed E-state index contributed by atoms with van der Waals surface area (Å²) in [4.78, 5) is 18.8. The number of nitrogens with one attached hydrogen (secondary N) is 1. The molecule has 2 amide bonds. The van der Waals surface area contributed by atoms with Crippen LogP contribution in [0.3, 0.4) is 0 Å². The van der Waals surface area contributed by atoms with E-state index in [0.717, 1.165) is 36.6 Å². The molecule has 1 aromatic heterocycles. The number of carbonyl (C=O) groups is 1. The molecule has 23 heavy (non-hydrogen) atoms. The fourth-order valence-corrected chi connectivity index (χ4v) is 3.77. The molecular weight excluding hydrogens is 306 g/mol. The van der Waals surface area contributed by atoms with Crippen molar-refractivity contribution in [1.82, 2.24) is 15.2 Å². The van der Waals surface area contributed by atoms with Gasteiger partial charge in [0.05, 0.1) is 16.7 Å². The first-order valence-electron chi connectivity index (χ1n) is 8.13. The first-order valence-corrected chi connectivity index (χ1v) is 9.01. The number of nitrogens with zero attached hydrogens (tertiary/aromatic N) is 2. The zero-order valence-corrected chi connectivity index (χ0v) is 14.5. The van der Waals surface area contributed by atoms with Crippen LogP contribution in [0.2, 0.25) is 0 Å². The Labute approximate surface area is 141 Å². The van der Waals surface area contributed by atoms with Crippen LogP contribution < -0.4 is 5.32 Å². The molecule has 1 fully saturated rings. The second kappa shape index (κ2) is 7.13. The lowest BCUT2D eigenvalue weighted by Crippen LogP contribution is -2.39. The fraction of sp³-hybridized carbons (Fsp3) is 0.444. The van der Waals surface area contributed by atoms with Crippen LogP contribution in [0.25, 0.3) is 0 Å². The molecule has 2 unspecified atom stereocenters. The van der Waals surface area contributed by atoms with Gasteiger partial charge in [-0.05, 0) is 38.2 Å². The zero-order valence-electron chi connectivity index (χ0n) is 13.7. The number of carbonyl (C=O) groups excluding carboxylic acids is 1. The van der Waals surface area contributed by atoms with Crippen LogP contribution in [0.15, 0.2) is 35.7 Å². The van der Waals surface area contributed by atoms with Gasteiger partial charge in [0, 0.05) is 18.5 Å². The number of hydrogen-bond acceptors (Lipinski definition) is 3. The van der Waals surface area contributed by atoms with Gasteiger partial charge in [0.1, 0.15) is 0 Å². The molecule has 0 bridgehead atoms. The van der Waals surface area contributed by atoms with Crippen molar-refractivity contribution >= 4 is 17.4 Å². The number of urea groups is 1. The minimum absolute atomic E-state index is 0.0266. The van der Waals surface area contributed by atoms with Gasteiger partial charge in [-0.25, -0.2) is 9.78 Å². The van der Waals surface area contributed by atoms with Crippen LogP contribution in [0, 0.1) is 12.8 Å². The van der Waals surface area contributed by atoms with Crippen molar-refractivity contribution in [2.75, 3.05) is 13.1 Å². The molecule has 5 heteroatoms. The van der Waals surface area contributed by atoms with Crippen LogP contribution >= 0.6 is 11.3 Å². The van der Waals surface area contributed by atoms with Gasteiger partial charge < -0.3 is 10.2 Å². The Morgan fingerprint density at radius 3 is 2.91 bits per heavy atom. The van der Waals surface area contributed by atoms with E-state index in [0.29, 0.717) is 5.92 Å². The summed E-state index contributed by atoms with van der Waals surface area (Å²) in [6.45, 7) is 5.65. The summed E-state index contributed by atoms with van der Waals surface area (Å²) in [5.41, 5.74) is 2.30.